The fourth-order valence-corrected chi connectivity index (χ4v) is 5.93. The van der Waals surface area contributed by atoms with Crippen LogP contribution in [0.5, 0.6) is 0 Å². The van der Waals surface area contributed by atoms with Crippen molar-refractivity contribution in [2.24, 2.45) is 5.92 Å². The molecule has 1 aliphatic heterocycles. The van der Waals surface area contributed by atoms with E-state index in [1.807, 2.05) is 41.6 Å². The zero-order chi connectivity index (χ0) is 24.2. The average molecular weight is 483 g/mol. The van der Waals surface area contributed by atoms with Crippen LogP contribution in [0.25, 0.3) is 0 Å². The van der Waals surface area contributed by atoms with Gasteiger partial charge in [-0.1, -0.05) is 24.3 Å². The summed E-state index contributed by atoms with van der Waals surface area (Å²) in [6.07, 6.45) is 2.51. The van der Waals surface area contributed by atoms with Crippen LogP contribution in [0.2, 0.25) is 0 Å². The minimum absolute atomic E-state index is 0.0250. The highest BCUT2D eigenvalue weighted by Gasteiger charge is 2.33. The van der Waals surface area contributed by atoms with E-state index in [0.29, 0.717) is 17.9 Å². The van der Waals surface area contributed by atoms with Crippen molar-refractivity contribution in [1.29, 1.82) is 0 Å². The first-order valence-electron chi connectivity index (χ1n) is 12.2. The molecule has 182 valence electrons. The fourth-order valence-electron chi connectivity index (χ4n) is 5.22. The third-order valence-electron chi connectivity index (χ3n) is 7.33. The Balaban J connectivity index is 1.48. The normalized spacial score (nSPS) is 16.0. The van der Waals surface area contributed by atoms with Gasteiger partial charge < -0.3 is 4.90 Å². The minimum Gasteiger partial charge on any atom is -0.337 e. The number of aryl methyl sites for hydroxylation is 2. The summed E-state index contributed by atoms with van der Waals surface area (Å²) in [4.78, 5) is 18.3. The van der Waals surface area contributed by atoms with Gasteiger partial charge in [0.15, 0.2) is 0 Å². The highest BCUT2D eigenvalue weighted by molar-refractivity contribution is 7.12. The average Bonchev–Trinajstić information content (AvgIpc) is 3.48. The first kappa shape index (κ1) is 24.6. The summed E-state index contributed by atoms with van der Waals surface area (Å²) in [5.74, 6) is 0.156. The molecule has 0 aliphatic carbocycles. The van der Waals surface area contributed by atoms with Gasteiger partial charge in [-0.25, -0.2) is 4.39 Å². The van der Waals surface area contributed by atoms with Crippen LogP contribution in [0.4, 0.5) is 4.39 Å². The topological polar surface area (TPSA) is 41.4 Å². The number of hydrogen-bond donors (Lipinski definition) is 0. The van der Waals surface area contributed by atoms with E-state index in [-0.39, 0.29) is 17.8 Å². The molecule has 0 N–H and O–H groups in total. The Morgan fingerprint density at radius 1 is 1.21 bits per heavy atom. The smallest absolute Gasteiger partial charge is 0.263 e. The number of likely N-dealkylation sites (tertiary alicyclic amines) is 1. The molecule has 0 unspecified atom stereocenters. The molecule has 5 nitrogen and oxygen atoms in total. The first-order chi connectivity index (χ1) is 16.4. The SMILES string of the molecule is CCn1nc(C)c(CN2CCC([C@@H](Cc3ccccc3F)N(C)C(=O)c3cccs3)CC2)c1C. The summed E-state index contributed by atoms with van der Waals surface area (Å²) in [5, 5.41) is 6.60. The Kier molecular flexibility index (Phi) is 7.84. The molecule has 7 heteroatoms. The lowest BCUT2D eigenvalue weighted by molar-refractivity contribution is 0.0587. The molecular weight excluding hydrogens is 447 g/mol. The largest absolute Gasteiger partial charge is 0.337 e. The number of piperidine rings is 1. The second-order valence-corrected chi connectivity index (χ2v) is 10.3. The predicted octanol–water partition coefficient (Wildman–Crippen LogP) is 5.32. The van der Waals surface area contributed by atoms with Crippen molar-refractivity contribution in [2.45, 2.75) is 59.2 Å². The number of nitrogens with zero attached hydrogens (tertiary/aromatic N) is 4. The molecule has 2 aromatic heterocycles. The van der Waals surface area contributed by atoms with Crippen LogP contribution < -0.4 is 0 Å². The molecule has 3 aromatic rings. The van der Waals surface area contributed by atoms with E-state index >= 15 is 0 Å². The van der Waals surface area contributed by atoms with Crippen LogP contribution in [0.1, 0.15) is 52.0 Å². The molecule has 4 rings (SSSR count). The Labute approximate surface area is 206 Å². The number of hydrogen-bond acceptors (Lipinski definition) is 4. The van der Waals surface area contributed by atoms with Gasteiger partial charge in [0.25, 0.3) is 5.91 Å². The molecule has 1 amide bonds. The zero-order valence-corrected chi connectivity index (χ0v) is 21.4. The Hall–Kier alpha value is -2.51. The maximum Gasteiger partial charge on any atom is 0.263 e. The molecule has 3 heterocycles. The van der Waals surface area contributed by atoms with E-state index in [1.54, 1.807) is 6.07 Å². The predicted molar refractivity (Wildman–Crippen MR) is 136 cm³/mol. The van der Waals surface area contributed by atoms with E-state index < -0.39 is 0 Å². The van der Waals surface area contributed by atoms with Crippen molar-refractivity contribution in [1.82, 2.24) is 19.6 Å². The molecule has 1 saturated heterocycles. The summed E-state index contributed by atoms with van der Waals surface area (Å²) < 4.78 is 16.6. The highest BCUT2D eigenvalue weighted by atomic mass is 32.1. The van der Waals surface area contributed by atoms with E-state index in [0.717, 1.165) is 49.6 Å². The standard InChI is InChI=1S/C27H35FN4OS/c1-5-32-20(3)23(19(2)29-32)18-31-14-12-21(13-15-31)25(17-22-9-6-7-10-24(22)28)30(4)27(33)26-11-8-16-34-26/h6-11,16,21,25H,5,12-15,17-18H2,1-4H3/t25-/m1/s1. The molecule has 1 aromatic carbocycles. The molecule has 34 heavy (non-hydrogen) atoms. The van der Waals surface area contributed by atoms with Gasteiger partial charge in [0.2, 0.25) is 0 Å². The van der Waals surface area contributed by atoms with Crippen LogP contribution in [0.15, 0.2) is 41.8 Å². The van der Waals surface area contributed by atoms with Crippen LogP contribution in [0, 0.1) is 25.6 Å². The van der Waals surface area contributed by atoms with Crippen LogP contribution >= 0.6 is 11.3 Å². The van der Waals surface area contributed by atoms with E-state index in [9.17, 15) is 9.18 Å². The van der Waals surface area contributed by atoms with Gasteiger partial charge in [0.05, 0.1) is 10.6 Å². The van der Waals surface area contributed by atoms with E-state index in [2.05, 4.69) is 35.5 Å². The van der Waals surface area contributed by atoms with Gasteiger partial charge in [0, 0.05) is 37.4 Å². The van der Waals surface area contributed by atoms with Gasteiger partial charge in [-0.15, -0.1) is 11.3 Å². The van der Waals surface area contributed by atoms with Crippen LogP contribution in [-0.2, 0) is 19.5 Å². The van der Waals surface area contributed by atoms with Gasteiger partial charge in [-0.05, 0) is 82.1 Å². The molecule has 0 saturated carbocycles. The van der Waals surface area contributed by atoms with Crippen LogP contribution in [-0.4, -0.2) is 51.7 Å². The molecule has 1 aliphatic rings. The molecule has 0 radical (unpaired) electrons. The van der Waals surface area contributed by atoms with Crippen molar-refractivity contribution >= 4 is 17.2 Å². The van der Waals surface area contributed by atoms with Gasteiger partial charge in [0.1, 0.15) is 5.82 Å². The number of halogens is 1. The van der Waals surface area contributed by atoms with Crippen molar-refractivity contribution in [3.8, 4) is 0 Å². The lowest BCUT2D eigenvalue weighted by atomic mass is 9.84. The number of carbonyl (C=O) groups excluding carboxylic acids is 1. The lowest BCUT2D eigenvalue weighted by Gasteiger charge is -2.40. The maximum atomic E-state index is 14.5. The highest BCUT2D eigenvalue weighted by Crippen LogP contribution is 2.29. The molecule has 1 fully saturated rings. The number of benzene rings is 1. The Morgan fingerprint density at radius 3 is 2.56 bits per heavy atom. The third kappa shape index (κ3) is 5.26. The molecule has 1 atom stereocenters. The summed E-state index contributed by atoms with van der Waals surface area (Å²) in [7, 11) is 1.88. The second kappa shape index (κ2) is 10.8. The Morgan fingerprint density at radius 2 is 1.94 bits per heavy atom. The van der Waals surface area contributed by atoms with Gasteiger partial charge in [-0.2, -0.15) is 5.10 Å². The lowest BCUT2D eigenvalue weighted by Crippen LogP contribution is -2.47. The fraction of sp³-hybridized carbons (Fsp3) is 0.481. The minimum atomic E-state index is -0.194. The van der Waals surface area contributed by atoms with Crippen molar-refractivity contribution in [3.05, 3.63) is 75.0 Å². The van der Waals surface area contributed by atoms with Crippen LogP contribution in [0.3, 0.4) is 0 Å². The molecular formula is C27H35FN4OS. The number of thiophene rings is 1. The third-order valence-corrected chi connectivity index (χ3v) is 8.18. The van der Waals surface area contributed by atoms with Crippen molar-refractivity contribution in [3.63, 3.8) is 0 Å². The summed E-state index contributed by atoms with van der Waals surface area (Å²) in [6, 6.07) is 10.7. The number of likely N-dealkylation sites (N-methyl/N-ethyl adjacent to an activating group) is 1. The monoisotopic (exact) mass is 482 g/mol. The van der Waals surface area contributed by atoms with Gasteiger partial charge >= 0.3 is 0 Å². The second-order valence-electron chi connectivity index (χ2n) is 9.33. The van der Waals surface area contributed by atoms with E-state index in [4.69, 9.17) is 0 Å². The molecule has 0 spiro atoms. The maximum absolute atomic E-state index is 14.5. The number of aromatic nitrogens is 2. The number of rotatable bonds is 8. The Bertz CT molecular complexity index is 1100. The van der Waals surface area contributed by atoms with Gasteiger partial charge in [-0.3, -0.25) is 14.4 Å². The summed E-state index contributed by atoms with van der Waals surface area (Å²) in [6.45, 7) is 10.1. The van der Waals surface area contributed by atoms with E-state index in [1.165, 1.54) is 28.7 Å². The molecule has 0 bridgehead atoms. The zero-order valence-electron chi connectivity index (χ0n) is 20.6. The van der Waals surface area contributed by atoms with Crippen molar-refractivity contribution < 1.29 is 9.18 Å². The quantitative estimate of drug-likeness (QED) is 0.437. The summed E-state index contributed by atoms with van der Waals surface area (Å²) in [5.41, 5.74) is 4.37. The van der Waals surface area contributed by atoms with Crippen molar-refractivity contribution in [2.75, 3.05) is 20.1 Å². The number of carbonyl (C=O) groups is 1. The number of amides is 1. The summed E-state index contributed by atoms with van der Waals surface area (Å²) >= 11 is 1.46. The first-order valence-corrected chi connectivity index (χ1v) is 13.1.